The van der Waals surface area contributed by atoms with Crippen molar-refractivity contribution in [3.63, 3.8) is 0 Å². The van der Waals surface area contributed by atoms with Crippen molar-refractivity contribution in [3.8, 4) is 0 Å². The fraction of sp³-hybridized carbons (Fsp3) is 0.353. The van der Waals surface area contributed by atoms with Crippen LogP contribution in [0.3, 0.4) is 0 Å². The van der Waals surface area contributed by atoms with Crippen LogP contribution in [0, 0.1) is 6.92 Å². The summed E-state index contributed by atoms with van der Waals surface area (Å²) in [7, 11) is 1.98. The van der Waals surface area contributed by atoms with E-state index in [9.17, 15) is 4.79 Å². The highest BCUT2D eigenvalue weighted by atomic mass is 79.9. The van der Waals surface area contributed by atoms with Gasteiger partial charge in [-0.3, -0.25) is 9.69 Å². The lowest BCUT2D eigenvalue weighted by Gasteiger charge is -2.19. The summed E-state index contributed by atoms with van der Waals surface area (Å²) < 4.78 is 1.04. The van der Waals surface area contributed by atoms with Crippen LogP contribution in [0.2, 0.25) is 0 Å². The van der Waals surface area contributed by atoms with E-state index in [0.717, 1.165) is 16.6 Å². The van der Waals surface area contributed by atoms with Crippen molar-refractivity contribution in [2.45, 2.75) is 26.4 Å². The van der Waals surface area contributed by atoms with Crippen LogP contribution in [-0.4, -0.2) is 24.4 Å². The molecule has 0 saturated carbocycles. The van der Waals surface area contributed by atoms with Crippen LogP contribution in [0.4, 0.5) is 0 Å². The molecule has 1 atom stereocenters. The molecule has 1 amide bonds. The van der Waals surface area contributed by atoms with E-state index in [1.165, 1.54) is 10.4 Å². The zero-order valence-corrected chi connectivity index (χ0v) is 15.5. The van der Waals surface area contributed by atoms with Crippen molar-refractivity contribution in [1.82, 2.24) is 10.2 Å². The van der Waals surface area contributed by atoms with Gasteiger partial charge in [0.1, 0.15) is 0 Å². The van der Waals surface area contributed by atoms with Crippen LogP contribution in [0.1, 0.15) is 29.0 Å². The molecular weight excluding hydrogens is 360 g/mol. The van der Waals surface area contributed by atoms with Crippen molar-refractivity contribution in [2.75, 3.05) is 13.6 Å². The van der Waals surface area contributed by atoms with Crippen LogP contribution >= 0.6 is 27.3 Å². The molecule has 1 N–H and O–H groups in total. The maximum atomic E-state index is 12.2. The summed E-state index contributed by atoms with van der Waals surface area (Å²) in [6, 6.07) is 10.1. The van der Waals surface area contributed by atoms with E-state index in [2.05, 4.69) is 39.6 Å². The highest BCUT2D eigenvalue weighted by molar-refractivity contribution is 9.10. The smallest absolute Gasteiger partial charge is 0.234 e. The van der Waals surface area contributed by atoms with Gasteiger partial charge < -0.3 is 5.32 Å². The predicted octanol–water partition coefficient (Wildman–Crippen LogP) is 4.13. The Morgan fingerprint density at radius 1 is 1.32 bits per heavy atom. The Hall–Kier alpha value is -1.17. The summed E-state index contributed by atoms with van der Waals surface area (Å²) in [4.78, 5) is 15.5. The van der Waals surface area contributed by atoms with Gasteiger partial charge >= 0.3 is 0 Å². The molecule has 0 spiro atoms. The summed E-state index contributed by atoms with van der Waals surface area (Å²) in [5.41, 5.74) is 2.40. The number of nitrogens with one attached hydrogen (secondary N) is 1. The molecule has 0 aliphatic heterocycles. The number of benzene rings is 1. The van der Waals surface area contributed by atoms with E-state index in [1.54, 1.807) is 11.3 Å². The number of halogens is 1. The van der Waals surface area contributed by atoms with Crippen molar-refractivity contribution < 1.29 is 4.79 Å². The van der Waals surface area contributed by atoms with Crippen LogP contribution in [0.5, 0.6) is 0 Å². The molecule has 0 aliphatic rings. The summed E-state index contributed by atoms with van der Waals surface area (Å²) in [6.07, 6.45) is 0. The molecule has 1 aromatic heterocycles. The van der Waals surface area contributed by atoms with Crippen LogP contribution in [0.25, 0.3) is 0 Å². The van der Waals surface area contributed by atoms with Gasteiger partial charge in [0, 0.05) is 15.9 Å². The maximum absolute atomic E-state index is 12.2. The molecule has 0 saturated heterocycles. The third-order valence-electron chi connectivity index (χ3n) is 3.54. The van der Waals surface area contributed by atoms with Crippen molar-refractivity contribution in [1.29, 1.82) is 0 Å². The SMILES string of the molecule is Cc1ccsc1CN(C)CC(=O)N[C@@H](C)c1ccc(Br)cc1. The lowest BCUT2D eigenvalue weighted by atomic mass is 10.1. The molecule has 0 fully saturated rings. The number of nitrogens with zero attached hydrogens (tertiary/aromatic N) is 1. The number of hydrogen-bond acceptors (Lipinski definition) is 3. The van der Waals surface area contributed by atoms with Gasteiger partial charge in [0.05, 0.1) is 12.6 Å². The number of hydrogen-bond donors (Lipinski definition) is 1. The Kier molecular flexibility index (Phi) is 6.17. The second kappa shape index (κ2) is 7.90. The lowest BCUT2D eigenvalue weighted by Crippen LogP contribution is -2.36. The quantitative estimate of drug-likeness (QED) is 0.816. The molecule has 5 heteroatoms. The van der Waals surface area contributed by atoms with Gasteiger partial charge in [0.15, 0.2) is 0 Å². The van der Waals surface area contributed by atoms with Gasteiger partial charge in [-0.2, -0.15) is 0 Å². The molecule has 0 radical (unpaired) electrons. The first-order valence-corrected chi connectivity index (χ1v) is 8.89. The van der Waals surface area contributed by atoms with Crippen LogP contribution in [0.15, 0.2) is 40.2 Å². The lowest BCUT2D eigenvalue weighted by molar-refractivity contribution is -0.122. The summed E-state index contributed by atoms with van der Waals surface area (Å²) in [6.45, 7) is 5.32. The van der Waals surface area contributed by atoms with E-state index in [-0.39, 0.29) is 11.9 Å². The average molecular weight is 381 g/mol. The first-order valence-electron chi connectivity index (χ1n) is 7.22. The van der Waals surface area contributed by atoms with Gasteiger partial charge in [-0.15, -0.1) is 11.3 Å². The molecule has 0 unspecified atom stereocenters. The van der Waals surface area contributed by atoms with E-state index >= 15 is 0 Å². The molecule has 1 heterocycles. The molecule has 22 heavy (non-hydrogen) atoms. The third-order valence-corrected chi connectivity index (χ3v) is 5.08. The van der Waals surface area contributed by atoms with E-state index in [1.807, 2.05) is 43.1 Å². The summed E-state index contributed by atoms with van der Waals surface area (Å²) in [5.74, 6) is 0.0483. The minimum atomic E-state index is 0.0115. The standard InChI is InChI=1S/C17H21BrN2OS/c1-12-8-9-22-16(12)10-20(3)11-17(21)19-13(2)14-4-6-15(18)7-5-14/h4-9,13H,10-11H2,1-3H3,(H,19,21)/t13-/m0/s1. The second-order valence-corrected chi connectivity index (χ2v) is 7.46. The van der Waals surface area contributed by atoms with Gasteiger partial charge in [0.25, 0.3) is 0 Å². The van der Waals surface area contributed by atoms with Crippen molar-refractivity contribution in [2.24, 2.45) is 0 Å². The summed E-state index contributed by atoms with van der Waals surface area (Å²) >= 11 is 5.16. The molecule has 2 rings (SSSR count). The first-order chi connectivity index (χ1) is 10.5. The Balaban J connectivity index is 1.84. The van der Waals surface area contributed by atoms with Crippen LogP contribution < -0.4 is 5.32 Å². The molecular formula is C17H21BrN2OS. The minimum Gasteiger partial charge on any atom is -0.348 e. The molecule has 2 aromatic rings. The average Bonchev–Trinajstić information content (AvgIpc) is 2.84. The number of carbonyl (C=O) groups is 1. The minimum absolute atomic E-state index is 0.0115. The zero-order valence-electron chi connectivity index (χ0n) is 13.1. The Morgan fingerprint density at radius 2 is 2.00 bits per heavy atom. The highest BCUT2D eigenvalue weighted by Gasteiger charge is 2.12. The molecule has 0 aliphatic carbocycles. The van der Waals surface area contributed by atoms with E-state index in [0.29, 0.717) is 6.54 Å². The Labute approximate surface area is 144 Å². The Morgan fingerprint density at radius 3 is 2.59 bits per heavy atom. The monoisotopic (exact) mass is 380 g/mol. The van der Waals surface area contributed by atoms with Crippen molar-refractivity contribution >= 4 is 33.2 Å². The predicted molar refractivity (Wildman–Crippen MR) is 96.1 cm³/mol. The van der Waals surface area contributed by atoms with Gasteiger partial charge in [-0.25, -0.2) is 0 Å². The van der Waals surface area contributed by atoms with Gasteiger partial charge in [-0.1, -0.05) is 28.1 Å². The normalized spacial score (nSPS) is 12.4. The first kappa shape index (κ1) is 17.2. The second-order valence-electron chi connectivity index (χ2n) is 5.54. The Bertz CT molecular complexity index is 624. The fourth-order valence-electron chi connectivity index (χ4n) is 2.23. The van der Waals surface area contributed by atoms with Crippen LogP contribution in [-0.2, 0) is 11.3 Å². The van der Waals surface area contributed by atoms with Gasteiger partial charge in [0.2, 0.25) is 5.91 Å². The van der Waals surface area contributed by atoms with E-state index < -0.39 is 0 Å². The third kappa shape index (κ3) is 4.93. The van der Waals surface area contributed by atoms with Gasteiger partial charge in [-0.05, 0) is 55.6 Å². The van der Waals surface area contributed by atoms with Crippen molar-refractivity contribution in [3.05, 3.63) is 56.2 Å². The number of amides is 1. The zero-order chi connectivity index (χ0) is 16.1. The largest absolute Gasteiger partial charge is 0.348 e. The maximum Gasteiger partial charge on any atom is 0.234 e. The highest BCUT2D eigenvalue weighted by Crippen LogP contribution is 2.18. The topological polar surface area (TPSA) is 32.3 Å². The number of thiophene rings is 1. The number of rotatable bonds is 6. The van der Waals surface area contributed by atoms with E-state index in [4.69, 9.17) is 0 Å². The molecule has 0 bridgehead atoms. The number of likely N-dealkylation sites (N-methyl/N-ethyl adjacent to an activating group) is 1. The summed E-state index contributed by atoms with van der Waals surface area (Å²) in [5, 5.41) is 5.14. The number of carbonyl (C=O) groups excluding carboxylic acids is 1. The molecule has 118 valence electrons. The molecule has 3 nitrogen and oxygen atoms in total. The molecule has 1 aromatic carbocycles. The fourth-order valence-corrected chi connectivity index (χ4v) is 3.48. The number of aryl methyl sites for hydroxylation is 1.